The molecule has 1 aromatic rings. The van der Waals surface area contributed by atoms with Gasteiger partial charge in [-0.25, -0.2) is 0 Å². The Hall–Kier alpha value is -2.43. The zero-order valence-corrected chi connectivity index (χ0v) is 17.6. The van der Waals surface area contributed by atoms with Crippen molar-refractivity contribution in [2.75, 3.05) is 19.7 Å². The molecule has 0 N–H and O–H groups in total. The number of nitrogens with zero attached hydrogens (tertiary/aromatic N) is 2. The predicted octanol–water partition coefficient (Wildman–Crippen LogP) is 3.79. The molecule has 6 nitrogen and oxygen atoms in total. The van der Waals surface area contributed by atoms with Crippen LogP contribution < -0.4 is 4.74 Å². The van der Waals surface area contributed by atoms with E-state index in [1.165, 1.54) is 0 Å². The molecule has 2 heterocycles. The molecule has 152 valence electrons. The van der Waals surface area contributed by atoms with Crippen LogP contribution in [0.3, 0.4) is 0 Å². The van der Waals surface area contributed by atoms with E-state index in [1.54, 1.807) is 29.2 Å². The summed E-state index contributed by atoms with van der Waals surface area (Å²) < 4.78 is 5.31. The highest BCUT2D eigenvalue weighted by atomic mass is 35.5. The molecule has 3 amide bonds. The number of hydrogen-bond acceptors (Lipinski definition) is 5. The average Bonchev–Trinajstić information content (AvgIpc) is 2.95. The Morgan fingerprint density at radius 1 is 1.41 bits per heavy atom. The molecule has 0 bridgehead atoms. The molecule has 0 aromatic heterocycles. The first-order chi connectivity index (χ1) is 13.9. The molecular formula is C21H21ClN2O4S. The van der Waals surface area contributed by atoms with Crippen LogP contribution in [0, 0.1) is 12.3 Å². The van der Waals surface area contributed by atoms with Crippen LogP contribution in [-0.2, 0) is 9.59 Å². The minimum absolute atomic E-state index is 0.0988. The molecule has 1 atom stereocenters. The Kier molecular flexibility index (Phi) is 6.88. The van der Waals surface area contributed by atoms with E-state index in [0.29, 0.717) is 22.9 Å². The molecule has 0 saturated carbocycles. The Labute approximate surface area is 179 Å². The Morgan fingerprint density at radius 3 is 2.90 bits per heavy atom. The lowest BCUT2D eigenvalue weighted by Crippen LogP contribution is -2.47. The van der Waals surface area contributed by atoms with Crippen molar-refractivity contribution >= 4 is 46.5 Å². The second kappa shape index (κ2) is 9.38. The summed E-state index contributed by atoms with van der Waals surface area (Å²) in [7, 11) is 0. The van der Waals surface area contributed by atoms with Gasteiger partial charge in [-0.1, -0.05) is 23.6 Å². The molecule has 3 rings (SSSR count). The first-order valence-corrected chi connectivity index (χ1v) is 10.5. The lowest BCUT2D eigenvalue weighted by Gasteiger charge is -2.34. The lowest BCUT2D eigenvalue weighted by atomic mass is 10.0. The highest BCUT2D eigenvalue weighted by Crippen LogP contribution is 2.34. The summed E-state index contributed by atoms with van der Waals surface area (Å²) >= 11 is 6.99. The number of rotatable bonds is 5. The lowest BCUT2D eigenvalue weighted by molar-refractivity contribution is -0.138. The quantitative estimate of drug-likeness (QED) is 0.523. The van der Waals surface area contributed by atoms with E-state index in [0.717, 1.165) is 35.9 Å². The van der Waals surface area contributed by atoms with Gasteiger partial charge in [-0.2, -0.15) is 0 Å². The van der Waals surface area contributed by atoms with Gasteiger partial charge < -0.3 is 9.64 Å². The van der Waals surface area contributed by atoms with Gasteiger partial charge in [0.25, 0.3) is 11.1 Å². The number of terminal acetylenes is 1. The number of thioether (sulfide) groups is 1. The topological polar surface area (TPSA) is 66.9 Å². The average molecular weight is 433 g/mol. The van der Waals surface area contributed by atoms with Gasteiger partial charge in [0.05, 0.1) is 9.93 Å². The van der Waals surface area contributed by atoms with Crippen molar-refractivity contribution < 1.29 is 19.1 Å². The van der Waals surface area contributed by atoms with Crippen molar-refractivity contribution in [2.45, 2.75) is 32.2 Å². The normalized spacial score (nSPS) is 20.9. The second-order valence-electron chi connectivity index (χ2n) is 6.88. The number of halogens is 1. The van der Waals surface area contributed by atoms with Gasteiger partial charge in [0.15, 0.2) is 0 Å². The molecule has 2 saturated heterocycles. The van der Waals surface area contributed by atoms with Gasteiger partial charge in [-0.3, -0.25) is 19.3 Å². The summed E-state index contributed by atoms with van der Waals surface area (Å²) in [5.41, 5.74) is 0.643. The molecule has 1 aromatic carbocycles. The predicted molar refractivity (Wildman–Crippen MR) is 113 cm³/mol. The van der Waals surface area contributed by atoms with E-state index in [1.807, 2.05) is 6.92 Å². The number of imide groups is 1. The van der Waals surface area contributed by atoms with Crippen LogP contribution in [0.5, 0.6) is 5.75 Å². The molecule has 29 heavy (non-hydrogen) atoms. The molecule has 8 heteroatoms. The van der Waals surface area contributed by atoms with Crippen molar-refractivity contribution in [1.29, 1.82) is 0 Å². The third kappa shape index (κ3) is 4.95. The van der Waals surface area contributed by atoms with Gasteiger partial charge in [0.1, 0.15) is 18.9 Å². The largest absolute Gasteiger partial charge is 0.479 e. The maximum atomic E-state index is 12.7. The van der Waals surface area contributed by atoms with Crippen molar-refractivity contribution in [3.63, 3.8) is 0 Å². The number of ether oxygens (including phenoxy) is 1. The molecule has 0 unspecified atom stereocenters. The van der Waals surface area contributed by atoms with Gasteiger partial charge in [0.2, 0.25) is 5.91 Å². The Balaban J connectivity index is 1.70. The van der Waals surface area contributed by atoms with E-state index in [9.17, 15) is 14.4 Å². The molecule has 0 radical (unpaired) electrons. The Bertz CT molecular complexity index is 908. The molecular weight excluding hydrogens is 412 g/mol. The van der Waals surface area contributed by atoms with Crippen LogP contribution >= 0.6 is 23.4 Å². The molecule has 2 aliphatic heterocycles. The number of hydrogen-bond donors (Lipinski definition) is 0. The van der Waals surface area contributed by atoms with Crippen molar-refractivity contribution in [1.82, 2.24) is 9.80 Å². The zero-order chi connectivity index (χ0) is 21.0. The number of likely N-dealkylation sites (tertiary alicyclic amines) is 1. The third-order valence-corrected chi connectivity index (χ3v) is 6.06. The number of carbonyl (C=O) groups is 3. The minimum Gasteiger partial charge on any atom is -0.479 e. The first kappa shape index (κ1) is 21.3. The van der Waals surface area contributed by atoms with Crippen LogP contribution in [0.25, 0.3) is 6.08 Å². The highest BCUT2D eigenvalue weighted by molar-refractivity contribution is 8.18. The molecule has 2 fully saturated rings. The SMILES string of the molecule is C#CCOc1ccc(/C=C2\SC(=O)N(CC(=O)N3CCCC[C@H]3C)C2=O)cc1Cl. The fraction of sp³-hybridized carbons (Fsp3) is 0.381. The van der Waals surface area contributed by atoms with E-state index < -0.39 is 11.1 Å². The Morgan fingerprint density at radius 2 is 2.21 bits per heavy atom. The van der Waals surface area contributed by atoms with Gasteiger partial charge in [0, 0.05) is 12.6 Å². The van der Waals surface area contributed by atoms with Crippen molar-refractivity contribution in [3.05, 3.63) is 33.7 Å². The summed E-state index contributed by atoms with van der Waals surface area (Å²) in [6, 6.07) is 5.12. The van der Waals surface area contributed by atoms with Crippen LogP contribution in [0.2, 0.25) is 5.02 Å². The fourth-order valence-corrected chi connectivity index (χ4v) is 4.41. The molecule has 2 aliphatic rings. The summed E-state index contributed by atoms with van der Waals surface area (Å²) in [5.74, 6) is 2.13. The van der Waals surface area contributed by atoms with Crippen LogP contribution in [0.1, 0.15) is 31.7 Å². The van der Waals surface area contributed by atoms with E-state index in [4.69, 9.17) is 22.8 Å². The number of amides is 3. The first-order valence-electron chi connectivity index (χ1n) is 9.31. The summed E-state index contributed by atoms with van der Waals surface area (Å²) in [5, 5.41) is -0.0955. The fourth-order valence-electron chi connectivity index (χ4n) is 3.33. The van der Waals surface area contributed by atoms with Gasteiger partial charge in [-0.15, -0.1) is 6.42 Å². The van der Waals surface area contributed by atoms with Gasteiger partial charge in [-0.05, 0) is 61.7 Å². The monoisotopic (exact) mass is 432 g/mol. The van der Waals surface area contributed by atoms with Crippen molar-refractivity contribution in [2.24, 2.45) is 0 Å². The second-order valence-corrected chi connectivity index (χ2v) is 8.28. The minimum atomic E-state index is -0.471. The zero-order valence-electron chi connectivity index (χ0n) is 16.0. The molecule has 0 aliphatic carbocycles. The van der Waals surface area contributed by atoms with Crippen LogP contribution in [0.4, 0.5) is 4.79 Å². The van der Waals surface area contributed by atoms with Crippen molar-refractivity contribution in [3.8, 4) is 18.1 Å². The summed E-state index contributed by atoms with van der Waals surface area (Å²) in [6.07, 6.45) is 9.72. The number of carbonyl (C=O) groups excluding carboxylic acids is 3. The van der Waals surface area contributed by atoms with Gasteiger partial charge >= 0.3 is 0 Å². The maximum Gasteiger partial charge on any atom is 0.294 e. The van der Waals surface area contributed by atoms with E-state index >= 15 is 0 Å². The van der Waals surface area contributed by atoms with E-state index in [-0.39, 0.29) is 30.0 Å². The number of benzene rings is 1. The standard InChI is InChI=1S/C21H21ClN2O4S/c1-3-10-28-17-8-7-15(11-16(17)22)12-18-20(26)24(21(27)29-18)13-19(25)23-9-5-4-6-14(23)2/h1,7-8,11-12,14H,4-6,9-10,13H2,2H3/b18-12-/t14-/m1/s1. The smallest absolute Gasteiger partial charge is 0.294 e. The summed E-state index contributed by atoms with van der Waals surface area (Å²) in [4.78, 5) is 40.6. The number of piperidine rings is 1. The van der Waals surface area contributed by atoms with E-state index in [2.05, 4.69) is 5.92 Å². The highest BCUT2D eigenvalue weighted by Gasteiger charge is 2.37. The van der Waals surface area contributed by atoms with Crippen LogP contribution in [0.15, 0.2) is 23.1 Å². The maximum absolute atomic E-state index is 12.7. The van der Waals surface area contributed by atoms with Crippen LogP contribution in [-0.4, -0.2) is 52.6 Å². The molecule has 0 spiro atoms. The third-order valence-electron chi connectivity index (χ3n) is 4.85. The summed E-state index contributed by atoms with van der Waals surface area (Å²) in [6.45, 7) is 2.53.